The van der Waals surface area contributed by atoms with Crippen LogP contribution < -0.4 is 0 Å². The minimum Gasteiger partial charge on any atom is -0.249 e. The van der Waals surface area contributed by atoms with Crippen LogP contribution in [0.15, 0.2) is 23.1 Å². The van der Waals surface area contributed by atoms with Gasteiger partial charge in [0.05, 0.1) is 19.6 Å². The van der Waals surface area contributed by atoms with Gasteiger partial charge in [-0.3, -0.25) is 0 Å². The van der Waals surface area contributed by atoms with Crippen molar-refractivity contribution in [1.82, 2.24) is 0 Å². The van der Waals surface area contributed by atoms with Gasteiger partial charge in [0.25, 0.3) is 0 Å². The standard InChI is InChI=1S/C10H14ClNOS/c1-7(2)8-4-5-9(11)10(6-8)14(3,12)13/h4-7,12H,1-3H3. The van der Waals surface area contributed by atoms with Crippen LogP contribution in [0.5, 0.6) is 0 Å². The minimum absolute atomic E-state index is 0.354. The van der Waals surface area contributed by atoms with E-state index in [1.54, 1.807) is 12.1 Å². The number of hydrogen-bond donors (Lipinski definition) is 1. The second kappa shape index (κ2) is 3.91. The lowest BCUT2D eigenvalue weighted by Gasteiger charge is -2.09. The van der Waals surface area contributed by atoms with Gasteiger partial charge in [-0.15, -0.1) is 0 Å². The van der Waals surface area contributed by atoms with E-state index in [0.29, 0.717) is 15.8 Å². The maximum Gasteiger partial charge on any atom is 0.0711 e. The Morgan fingerprint density at radius 3 is 2.43 bits per heavy atom. The molecule has 0 aromatic heterocycles. The molecule has 14 heavy (non-hydrogen) atoms. The van der Waals surface area contributed by atoms with Crippen LogP contribution in [-0.2, 0) is 9.73 Å². The van der Waals surface area contributed by atoms with Gasteiger partial charge in [0.15, 0.2) is 0 Å². The summed E-state index contributed by atoms with van der Waals surface area (Å²) in [7, 11) is -2.72. The molecule has 1 rings (SSSR count). The third kappa shape index (κ3) is 2.49. The summed E-state index contributed by atoms with van der Waals surface area (Å²) in [6, 6.07) is 5.38. The van der Waals surface area contributed by atoms with Gasteiger partial charge in [0.1, 0.15) is 0 Å². The summed E-state index contributed by atoms with van der Waals surface area (Å²) in [5, 5.41) is 0.414. The number of hydrogen-bond acceptors (Lipinski definition) is 2. The first kappa shape index (κ1) is 11.5. The normalized spacial score (nSPS) is 15.5. The molecule has 0 radical (unpaired) electrons. The Bertz CT molecular complexity index is 437. The molecule has 0 bridgehead atoms. The van der Waals surface area contributed by atoms with E-state index in [1.165, 1.54) is 6.26 Å². The average Bonchev–Trinajstić information content (AvgIpc) is 2.02. The molecule has 1 N–H and O–H groups in total. The summed E-state index contributed by atoms with van der Waals surface area (Å²) in [6.45, 7) is 4.10. The molecule has 1 aromatic rings. The SMILES string of the molecule is CC(C)c1ccc(Cl)c(S(C)(=N)=O)c1. The van der Waals surface area contributed by atoms with E-state index in [4.69, 9.17) is 16.4 Å². The van der Waals surface area contributed by atoms with Crippen molar-refractivity contribution in [3.05, 3.63) is 28.8 Å². The van der Waals surface area contributed by atoms with Gasteiger partial charge in [-0.25, -0.2) is 8.99 Å². The van der Waals surface area contributed by atoms with Crippen molar-refractivity contribution in [2.75, 3.05) is 6.26 Å². The zero-order valence-electron chi connectivity index (χ0n) is 8.50. The lowest BCUT2D eigenvalue weighted by molar-refractivity contribution is 0.678. The Morgan fingerprint density at radius 2 is 2.00 bits per heavy atom. The number of benzene rings is 1. The van der Waals surface area contributed by atoms with Crippen LogP contribution in [-0.4, -0.2) is 10.5 Å². The Labute approximate surface area is 90.3 Å². The van der Waals surface area contributed by atoms with Gasteiger partial charge in [-0.05, 0) is 23.6 Å². The monoisotopic (exact) mass is 231 g/mol. The van der Waals surface area contributed by atoms with Gasteiger partial charge in [-0.1, -0.05) is 31.5 Å². The van der Waals surface area contributed by atoms with Crippen LogP contribution in [0.1, 0.15) is 25.3 Å². The zero-order valence-corrected chi connectivity index (χ0v) is 10.1. The largest absolute Gasteiger partial charge is 0.249 e. The summed E-state index contributed by atoms with van der Waals surface area (Å²) >= 11 is 5.89. The molecule has 0 aliphatic carbocycles. The van der Waals surface area contributed by atoms with Crippen LogP contribution in [0, 0.1) is 4.78 Å². The Hall–Kier alpha value is -0.540. The molecule has 0 heterocycles. The molecule has 0 saturated carbocycles. The van der Waals surface area contributed by atoms with Crippen LogP contribution in [0.2, 0.25) is 5.02 Å². The summed E-state index contributed by atoms with van der Waals surface area (Å²) < 4.78 is 19.1. The molecule has 0 amide bonds. The van der Waals surface area contributed by atoms with E-state index in [-0.39, 0.29) is 0 Å². The zero-order chi connectivity index (χ0) is 10.9. The molecule has 0 saturated heterocycles. The Balaban J connectivity index is 3.37. The minimum atomic E-state index is -2.72. The number of halogens is 1. The fraction of sp³-hybridized carbons (Fsp3) is 0.400. The van der Waals surface area contributed by atoms with E-state index in [9.17, 15) is 4.21 Å². The quantitative estimate of drug-likeness (QED) is 0.832. The van der Waals surface area contributed by atoms with Crippen molar-refractivity contribution in [3.8, 4) is 0 Å². The molecule has 4 heteroatoms. The topological polar surface area (TPSA) is 40.9 Å². The summed E-state index contributed by atoms with van der Waals surface area (Å²) in [5.74, 6) is 0.354. The smallest absolute Gasteiger partial charge is 0.0711 e. The van der Waals surface area contributed by atoms with E-state index >= 15 is 0 Å². The summed E-state index contributed by atoms with van der Waals surface area (Å²) in [4.78, 5) is 0.436. The highest BCUT2D eigenvalue weighted by atomic mass is 35.5. The lowest BCUT2D eigenvalue weighted by atomic mass is 10.0. The molecular weight excluding hydrogens is 218 g/mol. The molecule has 1 atom stereocenters. The molecule has 2 nitrogen and oxygen atoms in total. The van der Waals surface area contributed by atoms with Gasteiger partial charge < -0.3 is 0 Å². The van der Waals surface area contributed by atoms with E-state index in [1.807, 2.05) is 6.07 Å². The Kier molecular flexibility index (Phi) is 3.22. The molecule has 1 unspecified atom stereocenters. The number of rotatable bonds is 2. The van der Waals surface area contributed by atoms with Crippen LogP contribution >= 0.6 is 11.6 Å². The lowest BCUT2D eigenvalue weighted by Crippen LogP contribution is -1.98. The van der Waals surface area contributed by atoms with Crippen LogP contribution in [0.3, 0.4) is 0 Å². The molecule has 0 spiro atoms. The van der Waals surface area contributed by atoms with Crippen molar-refractivity contribution in [2.24, 2.45) is 0 Å². The van der Waals surface area contributed by atoms with Gasteiger partial charge in [-0.2, -0.15) is 0 Å². The maximum atomic E-state index is 11.6. The second-order valence-corrected chi connectivity index (χ2v) is 6.22. The predicted molar refractivity (Wildman–Crippen MR) is 60.6 cm³/mol. The first-order valence-electron chi connectivity index (χ1n) is 4.35. The van der Waals surface area contributed by atoms with Gasteiger partial charge in [0.2, 0.25) is 0 Å². The third-order valence-corrected chi connectivity index (χ3v) is 3.66. The van der Waals surface area contributed by atoms with Crippen LogP contribution in [0.4, 0.5) is 0 Å². The van der Waals surface area contributed by atoms with E-state index < -0.39 is 9.73 Å². The average molecular weight is 232 g/mol. The molecular formula is C10H14ClNOS. The molecule has 1 aromatic carbocycles. The fourth-order valence-electron chi connectivity index (χ4n) is 1.18. The van der Waals surface area contributed by atoms with Crippen molar-refractivity contribution in [3.63, 3.8) is 0 Å². The molecule has 78 valence electrons. The summed E-state index contributed by atoms with van der Waals surface area (Å²) in [5.41, 5.74) is 1.06. The number of nitrogens with one attached hydrogen (secondary N) is 1. The molecule has 0 aliphatic rings. The van der Waals surface area contributed by atoms with E-state index in [2.05, 4.69) is 13.8 Å². The fourth-order valence-corrected chi connectivity index (χ4v) is 2.54. The van der Waals surface area contributed by atoms with Crippen molar-refractivity contribution >= 4 is 21.3 Å². The van der Waals surface area contributed by atoms with E-state index in [0.717, 1.165) is 5.56 Å². The summed E-state index contributed by atoms with van der Waals surface area (Å²) in [6.07, 6.45) is 1.39. The highest BCUT2D eigenvalue weighted by Gasteiger charge is 2.10. The van der Waals surface area contributed by atoms with Crippen molar-refractivity contribution in [1.29, 1.82) is 4.78 Å². The van der Waals surface area contributed by atoms with Gasteiger partial charge >= 0.3 is 0 Å². The highest BCUT2D eigenvalue weighted by molar-refractivity contribution is 7.91. The maximum absolute atomic E-state index is 11.6. The molecule has 0 fully saturated rings. The Morgan fingerprint density at radius 1 is 1.43 bits per heavy atom. The first-order chi connectivity index (χ1) is 6.32. The third-order valence-electron chi connectivity index (χ3n) is 2.04. The van der Waals surface area contributed by atoms with Crippen LogP contribution in [0.25, 0.3) is 0 Å². The second-order valence-electron chi connectivity index (χ2n) is 3.69. The predicted octanol–water partition coefficient (Wildman–Crippen LogP) is 3.50. The van der Waals surface area contributed by atoms with Crippen molar-refractivity contribution in [2.45, 2.75) is 24.7 Å². The van der Waals surface area contributed by atoms with Gasteiger partial charge in [0, 0.05) is 6.26 Å². The van der Waals surface area contributed by atoms with Crippen molar-refractivity contribution < 1.29 is 4.21 Å². The molecule has 0 aliphatic heterocycles. The highest BCUT2D eigenvalue weighted by Crippen LogP contribution is 2.26. The first-order valence-corrected chi connectivity index (χ1v) is 6.70.